The Bertz CT molecular complexity index is 28.7. The van der Waals surface area contributed by atoms with Crippen LogP contribution in [0.5, 0.6) is 0 Å². The number of ether oxygens (including phenoxy) is 1. The number of hydrogen-bond donors (Lipinski definition) is 1. The second-order valence-corrected chi connectivity index (χ2v) is 1.22. The quantitative estimate of drug-likeness (QED) is 0.507. The van der Waals surface area contributed by atoms with Gasteiger partial charge in [-0.25, -0.2) is 0 Å². The number of nitrogens with two attached hydrogens (primary N) is 1. The lowest BCUT2D eigenvalue weighted by Crippen LogP contribution is -2.20. The van der Waals surface area contributed by atoms with Crippen molar-refractivity contribution < 1.29 is 4.74 Å². The van der Waals surface area contributed by atoms with Crippen molar-refractivity contribution >= 4 is 0 Å². The molecular formula is C4H10NO. The third-order valence-electron chi connectivity index (χ3n) is 0.381. The summed E-state index contributed by atoms with van der Waals surface area (Å²) in [7, 11) is 1.60. The van der Waals surface area contributed by atoms with E-state index in [2.05, 4.69) is 11.7 Å². The molecule has 0 aliphatic heterocycles. The largest absolute Gasteiger partial charge is 0.383 e. The van der Waals surface area contributed by atoms with E-state index in [-0.39, 0.29) is 6.04 Å². The van der Waals surface area contributed by atoms with Gasteiger partial charge in [0.15, 0.2) is 0 Å². The normalized spacial score (nSPS) is 14.5. The van der Waals surface area contributed by atoms with E-state index in [1.165, 1.54) is 0 Å². The van der Waals surface area contributed by atoms with Crippen molar-refractivity contribution in [2.45, 2.75) is 6.04 Å². The van der Waals surface area contributed by atoms with E-state index in [9.17, 15) is 0 Å². The molecule has 0 amide bonds. The lowest BCUT2D eigenvalue weighted by atomic mass is 10.4. The molecule has 0 heterocycles. The van der Waals surface area contributed by atoms with Gasteiger partial charge in [-0.2, -0.15) is 0 Å². The van der Waals surface area contributed by atoms with Crippen molar-refractivity contribution in [2.75, 3.05) is 13.7 Å². The highest BCUT2D eigenvalue weighted by Crippen LogP contribution is 1.70. The molecule has 0 saturated carbocycles. The molecule has 6 heavy (non-hydrogen) atoms. The minimum Gasteiger partial charge on any atom is -0.383 e. The lowest BCUT2D eigenvalue weighted by molar-refractivity contribution is 0.191. The van der Waals surface area contributed by atoms with Crippen LogP contribution < -0.4 is 5.73 Å². The van der Waals surface area contributed by atoms with Gasteiger partial charge in [0.1, 0.15) is 0 Å². The Balaban J connectivity index is 2.63. The predicted octanol–water partition coefficient (Wildman–Crippen LogP) is -0.206. The molecule has 37 valence electrons. The molecule has 2 nitrogen and oxygen atoms in total. The average Bonchev–Trinajstić information content (AvgIpc) is 1.35. The van der Waals surface area contributed by atoms with Crippen molar-refractivity contribution in [1.29, 1.82) is 0 Å². The van der Waals surface area contributed by atoms with Gasteiger partial charge in [-0.1, -0.05) is 0 Å². The molecule has 0 spiro atoms. The molecule has 0 aromatic rings. The fourth-order valence-electron chi connectivity index (χ4n) is 0.214. The van der Waals surface area contributed by atoms with Gasteiger partial charge in [0.2, 0.25) is 0 Å². The standard InChI is InChI=1S/C4H10NO/c1-4(5)3-6-2/h4H,1,3,5H2,2H3. The molecular weight excluding hydrogens is 78.0 g/mol. The molecule has 0 aromatic heterocycles. The molecule has 1 radical (unpaired) electrons. The van der Waals surface area contributed by atoms with Gasteiger partial charge in [0.25, 0.3) is 0 Å². The van der Waals surface area contributed by atoms with Gasteiger partial charge in [0, 0.05) is 13.2 Å². The molecule has 2 N–H and O–H groups in total. The van der Waals surface area contributed by atoms with Gasteiger partial charge in [0.05, 0.1) is 6.61 Å². The average molecular weight is 88.1 g/mol. The molecule has 0 fully saturated rings. The van der Waals surface area contributed by atoms with Crippen LogP contribution in [0, 0.1) is 6.92 Å². The Hall–Kier alpha value is -0.0800. The van der Waals surface area contributed by atoms with E-state index in [4.69, 9.17) is 5.73 Å². The van der Waals surface area contributed by atoms with Crippen LogP contribution in [0.4, 0.5) is 0 Å². The zero-order chi connectivity index (χ0) is 4.99. The SMILES string of the molecule is [CH2]C(N)COC. The molecule has 0 rings (SSSR count). The van der Waals surface area contributed by atoms with E-state index >= 15 is 0 Å². The molecule has 0 aliphatic carbocycles. The van der Waals surface area contributed by atoms with Crippen molar-refractivity contribution in [3.63, 3.8) is 0 Å². The Morgan fingerprint density at radius 2 is 2.50 bits per heavy atom. The number of rotatable bonds is 2. The maximum Gasteiger partial charge on any atom is 0.0613 e. The van der Waals surface area contributed by atoms with Gasteiger partial charge in [-0.3, -0.25) is 0 Å². The van der Waals surface area contributed by atoms with E-state index in [1.807, 2.05) is 0 Å². The monoisotopic (exact) mass is 88.1 g/mol. The minimum atomic E-state index is -0.0741. The second-order valence-electron chi connectivity index (χ2n) is 1.22. The second kappa shape index (κ2) is 3.12. The first-order valence-electron chi connectivity index (χ1n) is 1.85. The Kier molecular flexibility index (Phi) is 3.08. The first kappa shape index (κ1) is 5.92. The van der Waals surface area contributed by atoms with Crippen LogP contribution in [0.1, 0.15) is 0 Å². The van der Waals surface area contributed by atoms with Crippen LogP contribution in [-0.2, 0) is 4.74 Å². The van der Waals surface area contributed by atoms with Crippen molar-refractivity contribution in [3.8, 4) is 0 Å². The molecule has 1 unspecified atom stereocenters. The summed E-state index contributed by atoms with van der Waals surface area (Å²) in [4.78, 5) is 0. The fraction of sp³-hybridized carbons (Fsp3) is 0.750. The maximum absolute atomic E-state index is 5.17. The van der Waals surface area contributed by atoms with Crippen molar-refractivity contribution in [1.82, 2.24) is 0 Å². The van der Waals surface area contributed by atoms with E-state index in [1.54, 1.807) is 7.11 Å². The number of hydrogen-bond acceptors (Lipinski definition) is 2. The molecule has 0 saturated heterocycles. The molecule has 2 heteroatoms. The highest BCUT2D eigenvalue weighted by Gasteiger charge is 1.85. The van der Waals surface area contributed by atoms with Gasteiger partial charge >= 0.3 is 0 Å². The van der Waals surface area contributed by atoms with Gasteiger partial charge in [-0.05, 0) is 6.92 Å². The van der Waals surface area contributed by atoms with Crippen molar-refractivity contribution in [2.24, 2.45) is 5.73 Å². The van der Waals surface area contributed by atoms with Gasteiger partial charge < -0.3 is 10.5 Å². The summed E-state index contributed by atoms with van der Waals surface area (Å²) in [5, 5.41) is 0. The summed E-state index contributed by atoms with van der Waals surface area (Å²) in [6, 6.07) is -0.0741. The summed E-state index contributed by atoms with van der Waals surface area (Å²) in [6.07, 6.45) is 0. The zero-order valence-electron chi connectivity index (χ0n) is 3.98. The predicted molar refractivity (Wildman–Crippen MR) is 25.2 cm³/mol. The molecule has 0 bridgehead atoms. The summed E-state index contributed by atoms with van der Waals surface area (Å²) >= 11 is 0. The summed E-state index contributed by atoms with van der Waals surface area (Å²) in [5.41, 5.74) is 5.17. The Labute approximate surface area is 38.3 Å². The maximum atomic E-state index is 5.17. The highest BCUT2D eigenvalue weighted by molar-refractivity contribution is 4.58. The topological polar surface area (TPSA) is 35.2 Å². The summed E-state index contributed by atoms with van der Waals surface area (Å²) in [5.74, 6) is 0. The summed E-state index contributed by atoms with van der Waals surface area (Å²) in [6.45, 7) is 4.02. The third kappa shape index (κ3) is 3.92. The molecule has 0 aliphatic rings. The van der Waals surface area contributed by atoms with Crippen LogP contribution in [0.3, 0.4) is 0 Å². The smallest absolute Gasteiger partial charge is 0.0613 e. The summed E-state index contributed by atoms with van der Waals surface area (Å²) < 4.78 is 4.62. The minimum absolute atomic E-state index is 0.0741. The van der Waals surface area contributed by atoms with Crippen LogP contribution in [0.15, 0.2) is 0 Å². The Morgan fingerprint density at radius 1 is 2.00 bits per heavy atom. The van der Waals surface area contributed by atoms with Crippen LogP contribution in [0.2, 0.25) is 0 Å². The van der Waals surface area contributed by atoms with Gasteiger partial charge in [-0.15, -0.1) is 0 Å². The van der Waals surface area contributed by atoms with Crippen LogP contribution in [-0.4, -0.2) is 19.8 Å². The highest BCUT2D eigenvalue weighted by atomic mass is 16.5. The Morgan fingerprint density at radius 3 is 2.50 bits per heavy atom. The van der Waals surface area contributed by atoms with Crippen molar-refractivity contribution in [3.05, 3.63) is 6.92 Å². The van der Waals surface area contributed by atoms with Crippen LogP contribution in [0.25, 0.3) is 0 Å². The van der Waals surface area contributed by atoms with E-state index in [0.29, 0.717) is 6.61 Å². The third-order valence-corrected chi connectivity index (χ3v) is 0.381. The molecule has 0 aromatic carbocycles. The lowest BCUT2D eigenvalue weighted by Gasteiger charge is -1.98. The first-order chi connectivity index (χ1) is 2.77. The van der Waals surface area contributed by atoms with E-state index < -0.39 is 0 Å². The van der Waals surface area contributed by atoms with E-state index in [0.717, 1.165) is 0 Å². The zero-order valence-corrected chi connectivity index (χ0v) is 3.98. The molecule has 1 atom stereocenters. The first-order valence-corrected chi connectivity index (χ1v) is 1.85. The fourth-order valence-corrected chi connectivity index (χ4v) is 0.214. The van der Waals surface area contributed by atoms with Crippen LogP contribution >= 0.6 is 0 Å². The number of methoxy groups -OCH3 is 1.